The molecule has 27 rings (SSSR count). The molecule has 6 nitrogen and oxygen atoms in total. The van der Waals surface area contributed by atoms with Gasteiger partial charge in [0.2, 0.25) is 6.71 Å². The largest absolute Gasteiger partial charge is 0.454 e. The van der Waals surface area contributed by atoms with E-state index in [0.29, 0.717) is 0 Å². The summed E-state index contributed by atoms with van der Waals surface area (Å²) in [5, 5.41) is 2.29. The van der Waals surface area contributed by atoms with Crippen LogP contribution in [0.3, 0.4) is 0 Å². The van der Waals surface area contributed by atoms with Crippen molar-refractivity contribution in [1.82, 2.24) is 0 Å². The Balaban J connectivity index is 0.000000153. The Morgan fingerprint density at radius 3 is 1.42 bits per heavy atom. The highest BCUT2D eigenvalue weighted by atomic mass is 16.3. The van der Waals surface area contributed by atoms with Gasteiger partial charge >= 0.3 is 0 Å². The molecule has 0 bridgehead atoms. The predicted molar refractivity (Wildman–Crippen MR) is 638 cm³/mol. The molecule has 0 radical (unpaired) electrons. The van der Waals surface area contributed by atoms with E-state index in [1.165, 1.54) is 224 Å². The molecule has 0 amide bonds. The molecule has 6 aliphatic heterocycles. The monoisotopic (exact) mass is 1960 g/mol. The van der Waals surface area contributed by atoms with E-state index in [0.717, 1.165) is 101 Å². The lowest BCUT2D eigenvalue weighted by molar-refractivity contribution is 0.0923. The molecule has 0 saturated heterocycles. The normalized spacial score (nSPS) is 25.4. The van der Waals surface area contributed by atoms with E-state index < -0.39 is 5.41 Å². The minimum Gasteiger partial charge on any atom is -0.454 e. The zero-order valence-electron chi connectivity index (χ0n) is 98.9. The van der Waals surface area contributed by atoms with Gasteiger partial charge in [-0.1, -0.05) is 370 Å². The van der Waals surface area contributed by atoms with Crippen molar-refractivity contribution in [3.8, 4) is 11.1 Å². The van der Waals surface area contributed by atoms with Crippen molar-refractivity contribution in [3.63, 3.8) is 0 Å². The third kappa shape index (κ3) is 13.4. The number of benzene rings is 13. The summed E-state index contributed by atoms with van der Waals surface area (Å²) in [7, 11) is 0. The molecule has 8 heteroatoms. The molecule has 13 aliphatic rings. The van der Waals surface area contributed by atoms with Crippen LogP contribution in [0.15, 0.2) is 246 Å². The van der Waals surface area contributed by atoms with Crippen molar-refractivity contribution >= 4 is 137 Å². The Kier molecular flexibility index (Phi) is 19.6. The van der Waals surface area contributed by atoms with E-state index in [2.05, 4.69) is 438 Å². The number of allylic oxidation sites excluding steroid dienone is 1. The van der Waals surface area contributed by atoms with E-state index >= 15 is 0 Å². The van der Waals surface area contributed by atoms with Crippen LogP contribution in [0.2, 0.25) is 0 Å². The molecule has 7 unspecified atom stereocenters. The number of nitrogens with zero attached hydrogens (tertiary/aromatic N) is 5. The summed E-state index contributed by atoms with van der Waals surface area (Å²) in [6.45, 7) is 70.7. The van der Waals surface area contributed by atoms with Crippen LogP contribution in [0.25, 0.3) is 38.8 Å². The first kappa shape index (κ1) is 92.4. The van der Waals surface area contributed by atoms with Crippen LogP contribution in [0.1, 0.15) is 397 Å². The van der Waals surface area contributed by atoms with E-state index in [-0.39, 0.29) is 120 Å². The fraction of sp³-hybridized carbons (Fsp3) is 0.433. The van der Waals surface area contributed by atoms with Gasteiger partial charge in [0, 0.05) is 107 Å². The Hall–Kier alpha value is -11.5. The van der Waals surface area contributed by atoms with Gasteiger partial charge in [0.25, 0.3) is 6.71 Å². The summed E-state index contributed by atoms with van der Waals surface area (Å²) in [5.74, 6) is -0.268. The first-order valence-electron chi connectivity index (χ1n) is 59.2. The fourth-order valence-corrected chi connectivity index (χ4v) is 32.6. The second-order valence-electron chi connectivity index (χ2n) is 57.2. The Bertz CT molecular complexity index is 8300. The van der Waals surface area contributed by atoms with Gasteiger partial charge in [0.05, 0.1) is 27.9 Å². The van der Waals surface area contributed by atoms with Crippen LogP contribution in [-0.4, -0.2) is 24.5 Å². The molecule has 14 aromatic rings. The number of aryl methyl sites for hydroxylation is 1. The Morgan fingerprint density at radius 1 is 0.349 bits per heavy atom. The topological polar surface area (TPSA) is 29.3 Å². The zero-order chi connectivity index (χ0) is 108. The fourth-order valence-electron chi connectivity index (χ4n) is 32.6. The van der Waals surface area contributed by atoms with Crippen LogP contribution in [0.5, 0.6) is 0 Å². The average Bonchev–Trinajstić information content (AvgIpc) is 1.41. The van der Waals surface area contributed by atoms with Crippen LogP contribution >= 0.6 is 0 Å². The van der Waals surface area contributed by atoms with Gasteiger partial charge in [-0.3, -0.25) is 0 Å². The standard InChI is InChI=1S/C71H78BN3O.C70H81BN2/c1-43-36-59-62-60(37-43)75-63-54(70(13)30-17-18-31-71(70,75)14)38-44(65(2,3)4)39-56(63)72(62)55-29-26-47(42-58(55)74(59)57-22-19-21-49-48-20-15-16-23-61(48)76-64(49)57)73(45-24-27-50-52(40-45)68(9,10)34-32-66(50,5)6)46-25-28-51-53(41-46)69(11,12)35-33-67(51,7)8;1-63(2,3)45-29-31-51-50(40-45)60-62(66(51,10)11)71-54-42-47(65(7,8)9)41-53-61(54)73(70(15)36-24-23-34-68(53,70)13)57-38-44(58-48-27-19-20-28-52(48)67(12)33-21-22-35-69(58,67)14)37-56(59(57)71)72(60)55-32-30-46(64(4,5)6)39-49(55)43-25-17-16-18-26-43/h15-16,19-29,36-42H,17-18,30-35H2,1-14H3;16-20,25-32,37-42,58H,21-24,33-36H2,1-15H3/i;19D,20D,27D,28D. The molecule has 7 aliphatic carbocycles. The molecule has 7 heterocycles. The highest BCUT2D eigenvalue weighted by Crippen LogP contribution is 2.72. The Labute approximate surface area is 898 Å². The third-order valence-corrected chi connectivity index (χ3v) is 42.3. The van der Waals surface area contributed by atoms with Gasteiger partial charge in [-0.05, 0) is 346 Å². The van der Waals surface area contributed by atoms with Crippen LogP contribution in [-0.2, 0) is 65.0 Å². The number of fused-ring (bicyclic) bond motifs is 23. The highest BCUT2D eigenvalue weighted by Gasteiger charge is 2.67. The summed E-state index contributed by atoms with van der Waals surface area (Å²) in [6, 6.07) is 84.6. The zero-order valence-corrected chi connectivity index (χ0v) is 94.9. The molecule has 760 valence electrons. The second-order valence-corrected chi connectivity index (χ2v) is 57.2. The lowest BCUT2D eigenvalue weighted by atomic mass is 9.30. The molecule has 0 N–H and O–H groups in total. The third-order valence-electron chi connectivity index (χ3n) is 42.3. The van der Waals surface area contributed by atoms with Gasteiger partial charge in [-0.25, -0.2) is 0 Å². The van der Waals surface area contributed by atoms with Crippen LogP contribution in [0.4, 0.5) is 68.2 Å². The van der Waals surface area contributed by atoms with Gasteiger partial charge < -0.3 is 28.9 Å². The number of anilines is 12. The lowest BCUT2D eigenvalue weighted by Gasteiger charge is -2.53. The minimum absolute atomic E-state index is 0.00474. The number of para-hydroxylation sites is 2. The molecule has 7 atom stereocenters. The summed E-state index contributed by atoms with van der Waals surface area (Å²) in [6.07, 6.45) is 18.1. The van der Waals surface area contributed by atoms with Crippen LogP contribution < -0.4 is 51.8 Å². The molecular formula is C141H159B2N5O. The molecule has 13 aromatic carbocycles. The van der Waals surface area contributed by atoms with E-state index in [1.54, 1.807) is 5.56 Å². The molecule has 149 heavy (non-hydrogen) atoms. The number of hydrogen-bond donors (Lipinski definition) is 0. The molecule has 1 aromatic heterocycles. The maximum Gasteiger partial charge on any atom is 0.252 e. The van der Waals surface area contributed by atoms with Gasteiger partial charge in [-0.15, -0.1) is 0 Å². The van der Waals surface area contributed by atoms with Gasteiger partial charge in [0.15, 0.2) is 5.58 Å². The van der Waals surface area contributed by atoms with Crippen molar-refractivity contribution in [2.45, 2.75) is 385 Å². The van der Waals surface area contributed by atoms with E-state index in [1.807, 2.05) is 0 Å². The van der Waals surface area contributed by atoms with Crippen molar-refractivity contribution < 1.29 is 9.90 Å². The molecular weight excluding hydrogens is 1800 g/mol. The van der Waals surface area contributed by atoms with Crippen LogP contribution in [0, 0.1) is 12.3 Å². The summed E-state index contributed by atoms with van der Waals surface area (Å²) >= 11 is 0. The van der Waals surface area contributed by atoms with Crippen molar-refractivity contribution in [2.75, 3.05) is 24.5 Å². The van der Waals surface area contributed by atoms with E-state index in [9.17, 15) is 5.48 Å². The average molecular weight is 1970 g/mol. The highest BCUT2D eigenvalue weighted by molar-refractivity contribution is 7.00. The Morgan fingerprint density at radius 2 is 0.826 bits per heavy atom. The smallest absolute Gasteiger partial charge is 0.252 e. The number of furan rings is 1. The maximum atomic E-state index is 10.0. The van der Waals surface area contributed by atoms with E-state index in [4.69, 9.17) is 4.42 Å². The molecule has 3 saturated carbocycles. The quantitative estimate of drug-likeness (QED) is 0.148. The second kappa shape index (κ2) is 31.6. The SMILES string of the molecule is Cc1cc2c3c(c1)N1c4c(cc(C(C)(C)C)cc4C4(C)CCCCC14C)B3c1ccc(N(c3ccc4c(c3)C(C)(C)CCC4(C)C)c3ccc4c(c3)C(C)(C)CCC4(C)C)cc1N2c1cccc2c1oc1ccccc12.[2H]c1c([2H])c([2H])c2c(c1[2H])C(c1cc3c4c(c1)N1c5c(cc(C(C)(C)C)cc5C5(C)CCCCC15C)B4C1=C(c4cc(C(C)(C)C)ccc4C1(C)C)N3c1ccc(C(C)(C)C)cc1-c1ccccc1)C1(C)CCCCC21C. The lowest BCUT2D eigenvalue weighted by Crippen LogP contribution is -2.64. The first-order valence-corrected chi connectivity index (χ1v) is 57.2. The first-order chi connectivity index (χ1) is 71.9. The predicted octanol–water partition coefficient (Wildman–Crippen LogP) is 35.0. The number of hydrogen-bond acceptors (Lipinski definition) is 6. The van der Waals surface area contributed by atoms with Crippen molar-refractivity contribution in [3.05, 3.63) is 331 Å². The minimum atomic E-state index is -0.446. The molecule has 0 spiro atoms. The number of rotatable bonds is 7. The maximum absolute atomic E-state index is 10.0. The van der Waals surface area contributed by atoms with Gasteiger partial charge in [0.1, 0.15) is 5.58 Å². The molecule has 3 fully saturated rings. The van der Waals surface area contributed by atoms with Crippen molar-refractivity contribution in [2.24, 2.45) is 5.41 Å². The summed E-state index contributed by atoms with van der Waals surface area (Å²) in [5.41, 5.74) is 48.7. The van der Waals surface area contributed by atoms with Crippen molar-refractivity contribution in [1.29, 1.82) is 0 Å². The summed E-state index contributed by atoms with van der Waals surface area (Å²) in [4.78, 5) is 13.7. The summed E-state index contributed by atoms with van der Waals surface area (Å²) < 4.78 is 45.4. The van der Waals surface area contributed by atoms with Gasteiger partial charge in [-0.2, -0.15) is 0 Å².